The van der Waals surface area contributed by atoms with Crippen LogP contribution < -0.4 is 15.0 Å². The van der Waals surface area contributed by atoms with Crippen LogP contribution in [0.1, 0.15) is 55.7 Å². The van der Waals surface area contributed by atoms with E-state index in [1.807, 2.05) is 71.8 Å². The van der Waals surface area contributed by atoms with Gasteiger partial charge in [-0.25, -0.2) is 0 Å². The number of hydrogen-bond donors (Lipinski definition) is 1. The first-order chi connectivity index (χ1) is 16.2. The highest BCUT2D eigenvalue weighted by Crippen LogP contribution is 2.42. The Balaban J connectivity index is 1.71. The molecule has 1 aliphatic heterocycles. The third-order valence-electron chi connectivity index (χ3n) is 6.40. The minimum absolute atomic E-state index is 0.0404. The molecule has 0 saturated carbocycles. The predicted molar refractivity (Wildman–Crippen MR) is 139 cm³/mol. The van der Waals surface area contributed by atoms with Gasteiger partial charge < -0.3 is 15.0 Å². The molecule has 2 atom stereocenters. The van der Waals surface area contributed by atoms with Crippen molar-refractivity contribution in [3.63, 3.8) is 0 Å². The maximum Gasteiger partial charge on any atom is 0.230 e. The molecule has 1 fully saturated rings. The summed E-state index contributed by atoms with van der Waals surface area (Å²) in [7, 11) is 1.61. The number of nitrogens with one attached hydrogen (secondary N) is 1. The quantitative estimate of drug-likeness (QED) is 0.458. The molecule has 0 spiro atoms. The fourth-order valence-corrected chi connectivity index (χ4v) is 5.34. The van der Waals surface area contributed by atoms with Gasteiger partial charge in [0.05, 0.1) is 24.8 Å². The molecule has 2 aromatic carbocycles. The summed E-state index contributed by atoms with van der Waals surface area (Å²) in [6, 6.07) is 17.5. The summed E-state index contributed by atoms with van der Waals surface area (Å²) in [5, 5.41) is 5.13. The Bertz CT molecular complexity index is 1160. The molecule has 34 heavy (non-hydrogen) atoms. The molecule has 6 heteroatoms. The monoisotopic (exact) mass is 476 g/mol. The fourth-order valence-electron chi connectivity index (χ4n) is 4.46. The Morgan fingerprint density at radius 1 is 1.12 bits per heavy atom. The average Bonchev–Trinajstić information content (AvgIpc) is 3.33. The van der Waals surface area contributed by atoms with Crippen LogP contribution in [0.15, 0.2) is 60.0 Å². The normalized spacial score (nSPS) is 18.6. The van der Waals surface area contributed by atoms with Crippen LogP contribution in [0.25, 0.3) is 0 Å². The number of rotatable bonds is 5. The van der Waals surface area contributed by atoms with Crippen LogP contribution in [-0.4, -0.2) is 18.9 Å². The molecule has 5 nitrogen and oxygen atoms in total. The number of thiophene rings is 1. The molecule has 1 saturated heterocycles. The second-order valence-corrected chi connectivity index (χ2v) is 10.8. The highest BCUT2D eigenvalue weighted by Gasteiger charge is 2.42. The van der Waals surface area contributed by atoms with Gasteiger partial charge in [0.2, 0.25) is 11.8 Å². The fraction of sp³-hybridized carbons (Fsp3) is 0.357. The summed E-state index contributed by atoms with van der Waals surface area (Å²) in [5.41, 5.74) is 3.65. The Labute approximate surface area is 205 Å². The van der Waals surface area contributed by atoms with Gasteiger partial charge in [-0.2, -0.15) is 0 Å². The van der Waals surface area contributed by atoms with Crippen molar-refractivity contribution in [3.05, 3.63) is 76.0 Å². The van der Waals surface area contributed by atoms with Crippen molar-refractivity contribution in [1.82, 2.24) is 0 Å². The Morgan fingerprint density at radius 2 is 1.85 bits per heavy atom. The van der Waals surface area contributed by atoms with E-state index in [0.29, 0.717) is 24.3 Å². The standard InChI is InChI=1S/C28H32N2O3S/c1-18-8-11-20(12-9-18)30-25(31)15-13-21(26(30)24-7-6-16-34-24)27(32)29-22-17-19(28(2,3)4)10-14-23(22)33-5/h6-12,14,16-17,21,26H,13,15H2,1-5H3,(H,29,32)/t21-,26-/m0/s1. The molecule has 1 aliphatic rings. The van der Waals surface area contributed by atoms with E-state index >= 15 is 0 Å². The number of piperidine rings is 1. The molecule has 0 aliphatic carbocycles. The van der Waals surface area contributed by atoms with Gasteiger partial charge in [-0.1, -0.05) is 50.6 Å². The van der Waals surface area contributed by atoms with Crippen molar-refractivity contribution in [1.29, 1.82) is 0 Å². The van der Waals surface area contributed by atoms with Crippen LogP contribution in [-0.2, 0) is 15.0 Å². The van der Waals surface area contributed by atoms with Gasteiger partial charge in [-0.05, 0) is 60.0 Å². The number of benzene rings is 2. The lowest BCUT2D eigenvalue weighted by Gasteiger charge is -2.40. The summed E-state index contributed by atoms with van der Waals surface area (Å²) in [6.07, 6.45) is 0.823. The van der Waals surface area contributed by atoms with E-state index in [2.05, 4.69) is 26.1 Å². The summed E-state index contributed by atoms with van der Waals surface area (Å²) < 4.78 is 5.54. The van der Waals surface area contributed by atoms with Crippen molar-refractivity contribution >= 4 is 34.5 Å². The van der Waals surface area contributed by atoms with Crippen LogP contribution in [0.2, 0.25) is 0 Å². The molecule has 178 valence electrons. The molecule has 1 N–H and O–H groups in total. The zero-order chi connectivity index (χ0) is 24.5. The Morgan fingerprint density at radius 3 is 2.47 bits per heavy atom. The molecular weight excluding hydrogens is 444 g/mol. The minimum atomic E-state index is -0.388. The molecule has 0 unspecified atom stereocenters. The predicted octanol–water partition coefficient (Wildman–Crippen LogP) is 6.49. The van der Waals surface area contributed by atoms with Gasteiger partial charge >= 0.3 is 0 Å². The van der Waals surface area contributed by atoms with Crippen molar-refractivity contribution in [2.45, 2.75) is 52.0 Å². The highest BCUT2D eigenvalue weighted by atomic mass is 32.1. The van der Waals surface area contributed by atoms with Crippen LogP contribution in [0, 0.1) is 12.8 Å². The lowest BCUT2D eigenvalue weighted by Crippen LogP contribution is -2.46. The van der Waals surface area contributed by atoms with E-state index in [-0.39, 0.29) is 29.2 Å². The van der Waals surface area contributed by atoms with Gasteiger partial charge in [0, 0.05) is 17.0 Å². The van der Waals surface area contributed by atoms with Gasteiger partial charge in [0.1, 0.15) is 5.75 Å². The van der Waals surface area contributed by atoms with Crippen molar-refractivity contribution < 1.29 is 14.3 Å². The van der Waals surface area contributed by atoms with E-state index in [4.69, 9.17) is 4.74 Å². The van der Waals surface area contributed by atoms with Crippen LogP contribution in [0.3, 0.4) is 0 Å². The molecule has 4 rings (SSSR count). The number of aryl methyl sites for hydroxylation is 1. The summed E-state index contributed by atoms with van der Waals surface area (Å²) in [5.74, 6) is 0.169. The number of carbonyl (C=O) groups excluding carboxylic acids is 2. The first-order valence-electron chi connectivity index (χ1n) is 11.6. The molecular formula is C28H32N2O3S. The van der Waals surface area contributed by atoms with Crippen LogP contribution in [0.4, 0.5) is 11.4 Å². The van der Waals surface area contributed by atoms with E-state index in [1.165, 1.54) is 0 Å². The topological polar surface area (TPSA) is 58.6 Å². The second kappa shape index (κ2) is 9.63. The Kier molecular flexibility index (Phi) is 6.80. The Hall–Kier alpha value is -3.12. The highest BCUT2D eigenvalue weighted by molar-refractivity contribution is 7.10. The third-order valence-corrected chi connectivity index (χ3v) is 7.35. The number of methoxy groups -OCH3 is 1. The van der Waals surface area contributed by atoms with E-state index in [9.17, 15) is 9.59 Å². The zero-order valence-electron chi connectivity index (χ0n) is 20.4. The lowest BCUT2D eigenvalue weighted by molar-refractivity contribution is -0.125. The molecule has 2 heterocycles. The summed E-state index contributed by atoms with van der Waals surface area (Å²) in [6.45, 7) is 8.44. The van der Waals surface area contributed by atoms with E-state index < -0.39 is 0 Å². The minimum Gasteiger partial charge on any atom is -0.495 e. The average molecular weight is 477 g/mol. The molecule has 0 bridgehead atoms. The number of amides is 2. The number of carbonyl (C=O) groups is 2. The smallest absolute Gasteiger partial charge is 0.230 e. The number of anilines is 2. The number of hydrogen-bond acceptors (Lipinski definition) is 4. The summed E-state index contributed by atoms with van der Waals surface area (Å²) >= 11 is 1.58. The van der Waals surface area contributed by atoms with Crippen LogP contribution in [0.5, 0.6) is 5.75 Å². The second-order valence-electron chi connectivity index (χ2n) is 9.86. The van der Waals surface area contributed by atoms with Gasteiger partial charge in [-0.15, -0.1) is 11.3 Å². The van der Waals surface area contributed by atoms with E-state index in [1.54, 1.807) is 18.4 Å². The first-order valence-corrected chi connectivity index (χ1v) is 12.5. The van der Waals surface area contributed by atoms with Gasteiger partial charge in [0.25, 0.3) is 0 Å². The molecule has 2 amide bonds. The summed E-state index contributed by atoms with van der Waals surface area (Å²) in [4.78, 5) is 29.7. The molecule has 3 aromatic rings. The molecule has 1 aromatic heterocycles. The van der Waals surface area contributed by atoms with Crippen molar-refractivity contribution in [3.8, 4) is 5.75 Å². The van der Waals surface area contributed by atoms with Gasteiger partial charge in [0.15, 0.2) is 0 Å². The maximum atomic E-state index is 13.7. The van der Waals surface area contributed by atoms with Crippen molar-refractivity contribution in [2.75, 3.05) is 17.3 Å². The zero-order valence-corrected chi connectivity index (χ0v) is 21.2. The SMILES string of the molecule is COc1ccc(C(C)(C)C)cc1NC(=O)[C@H]1CCC(=O)N(c2ccc(C)cc2)[C@@H]1c1cccs1. The third kappa shape index (κ3) is 4.87. The molecule has 0 radical (unpaired) electrons. The van der Waals surface area contributed by atoms with Crippen LogP contribution >= 0.6 is 11.3 Å². The lowest BCUT2D eigenvalue weighted by atomic mass is 9.85. The van der Waals surface area contributed by atoms with Crippen molar-refractivity contribution in [2.24, 2.45) is 5.92 Å². The number of nitrogens with zero attached hydrogens (tertiary/aromatic N) is 1. The number of ether oxygens (including phenoxy) is 1. The maximum absolute atomic E-state index is 13.7. The largest absolute Gasteiger partial charge is 0.495 e. The first kappa shape index (κ1) is 24.0. The van der Waals surface area contributed by atoms with E-state index in [0.717, 1.165) is 21.7 Å². The van der Waals surface area contributed by atoms with Gasteiger partial charge in [-0.3, -0.25) is 9.59 Å².